The first kappa shape index (κ1) is 16.1. The van der Waals surface area contributed by atoms with Crippen LogP contribution in [0.5, 0.6) is 0 Å². The molecule has 1 aliphatic rings. The van der Waals surface area contributed by atoms with Gasteiger partial charge in [0.15, 0.2) is 0 Å². The molecule has 0 aliphatic carbocycles. The predicted octanol–water partition coefficient (Wildman–Crippen LogP) is -0.0338. The Hall–Kier alpha value is -1.23. The van der Waals surface area contributed by atoms with Crippen molar-refractivity contribution in [3.8, 4) is 0 Å². The summed E-state index contributed by atoms with van der Waals surface area (Å²) < 4.78 is 23.9. The molecule has 0 bridgehead atoms. The lowest BCUT2D eigenvalue weighted by Gasteiger charge is -2.31. The summed E-state index contributed by atoms with van der Waals surface area (Å²) in [5.41, 5.74) is 0. The van der Waals surface area contributed by atoms with Gasteiger partial charge in [0.1, 0.15) is 0 Å². The number of nitrogens with zero attached hydrogens (tertiary/aromatic N) is 5. The molecule has 21 heavy (non-hydrogen) atoms. The maximum Gasteiger partial charge on any atom is 0.410 e. The Balaban J connectivity index is 2.06. The molecule has 0 saturated carbocycles. The number of likely N-dealkylation sites (N-methyl/N-ethyl adjacent to an activating group) is 1. The molecule has 1 saturated heterocycles. The Labute approximate surface area is 126 Å². The van der Waals surface area contributed by atoms with Crippen molar-refractivity contribution in [2.75, 3.05) is 39.8 Å². The zero-order valence-electron chi connectivity index (χ0n) is 11.5. The molecule has 118 valence electrons. The molecule has 2 rings (SSSR count). The van der Waals surface area contributed by atoms with E-state index in [0.29, 0.717) is 13.1 Å². The van der Waals surface area contributed by atoms with Crippen LogP contribution in [0.25, 0.3) is 0 Å². The van der Waals surface area contributed by atoms with Crippen LogP contribution in [0, 0.1) is 10.1 Å². The number of hydrogen-bond donors (Lipinski definition) is 0. The van der Waals surface area contributed by atoms with Crippen molar-refractivity contribution in [3.05, 3.63) is 16.3 Å². The first-order chi connectivity index (χ1) is 9.77. The molecule has 0 spiro atoms. The monoisotopic (exact) mass is 337 g/mol. The minimum atomic E-state index is -4.18. The van der Waals surface area contributed by atoms with Crippen molar-refractivity contribution in [3.63, 3.8) is 0 Å². The fourth-order valence-corrected chi connectivity index (χ4v) is 3.03. The van der Waals surface area contributed by atoms with Crippen molar-refractivity contribution >= 4 is 25.6 Å². The SMILES string of the molecule is CN1CCN(CCn2cc(S(=O)(=O)Cl)c([N+](=O)[O-])n2)CC1. The standard InChI is InChI=1S/C10H16ClN5O4S/c1-13-2-4-14(5-3-13)6-7-15-8-9(21(11,19)20)10(12-15)16(17)18/h8H,2-7H2,1H3. The fraction of sp³-hybridized carbons (Fsp3) is 0.700. The molecular formula is C10H16ClN5O4S. The summed E-state index contributed by atoms with van der Waals surface area (Å²) in [7, 11) is 3.05. The topological polar surface area (TPSA) is 102 Å². The summed E-state index contributed by atoms with van der Waals surface area (Å²) in [6.45, 7) is 4.74. The number of nitro groups is 1. The summed E-state index contributed by atoms with van der Waals surface area (Å²) >= 11 is 0. The molecule has 2 heterocycles. The molecule has 0 atom stereocenters. The van der Waals surface area contributed by atoms with Gasteiger partial charge < -0.3 is 15.0 Å². The van der Waals surface area contributed by atoms with E-state index in [1.165, 1.54) is 4.68 Å². The third-order valence-corrected chi connectivity index (χ3v) is 4.70. The average Bonchev–Trinajstić information content (AvgIpc) is 2.82. The second-order valence-corrected chi connectivity index (χ2v) is 7.45. The molecule has 1 aromatic rings. The highest BCUT2D eigenvalue weighted by Gasteiger charge is 2.30. The van der Waals surface area contributed by atoms with Crippen LogP contribution in [0.15, 0.2) is 11.1 Å². The van der Waals surface area contributed by atoms with Crippen LogP contribution >= 0.6 is 10.7 Å². The van der Waals surface area contributed by atoms with Crippen LogP contribution in [-0.2, 0) is 15.6 Å². The molecule has 0 unspecified atom stereocenters. The zero-order chi connectivity index (χ0) is 15.6. The number of rotatable bonds is 5. The first-order valence-electron chi connectivity index (χ1n) is 6.35. The van der Waals surface area contributed by atoms with E-state index in [4.69, 9.17) is 10.7 Å². The van der Waals surface area contributed by atoms with E-state index in [2.05, 4.69) is 14.9 Å². The maximum absolute atomic E-state index is 11.3. The lowest BCUT2D eigenvalue weighted by Crippen LogP contribution is -2.45. The third kappa shape index (κ3) is 4.13. The molecule has 1 aromatic heterocycles. The van der Waals surface area contributed by atoms with E-state index in [1.807, 2.05) is 7.05 Å². The van der Waals surface area contributed by atoms with Crippen LogP contribution in [0.2, 0.25) is 0 Å². The molecule has 1 aliphatic heterocycles. The van der Waals surface area contributed by atoms with E-state index in [0.717, 1.165) is 32.4 Å². The highest BCUT2D eigenvalue weighted by Crippen LogP contribution is 2.24. The number of halogens is 1. The van der Waals surface area contributed by atoms with Crippen LogP contribution in [0.1, 0.15) is 0 Å². The minimum Gasteiger partial charge on any atom is -0.358 e. The predicted molar refractivity (Wildman–Crippen MR) is 75.9 cm³/mol. The Bertz CT molecular complexity index is 623. The molecule has 0 amide bonds. The van der Waals surface area contributed by atoms with Gasteiger partial charge in [-0.15, -0.1) is 0 Å². The van der Waals surface area contributed by atoms with Gasteiger partial charge in [-0.25, -0.2) is 8.42 Å². The second kappa shape index (κ2) is 6.26. The highest BCUT2D eigenvalue weighted by molar-refractivity contribution is 8.13. The van der Waals surface area contributed by atoms with E-state index in [-0.39, 0.29) is 0 Å². The summed E-state index contributed by atoms with van der Waals surface area (Å²) in [6.07, 6.45) is 1.11. The van der Waals surface area contributed by atoms with Crippen molar-refractivity contribution in [2.45, 2.75) is 11.4 Å². The van der Waals surface area contributed by atoms with Gasteiger partial charge in [-0.05, 0) is 12.0 Å². The van der Waals surface area contributed by atoms with Gasteiger partial charge in [-0.1, -0.05) is 0 Å². The van der Waals surface area contributed by atoms with Gasteiger partial charge >= 0.3 is 5.82 Å². The molecule has 0 aromatic carbocycles. The van der Waals surface area contributed by atoms with Crippen molar-refractivity contribution < 1.29 is 13.3 Å². The average molecular weight is 338 g/mol. The van der Waals surface area contributed by atoms with E-state index < -0.39 is 24.7 Å². The lowest BCUT2D eigenvalue weighted by molar-refractivity contribution is -0.392. The molecule has 0 radical (unpaired) electrons. The van der Waals surface area contributed by atoms with Crippen LogP contribution in [0.3, 0.4) is 0 Å². The van der Waals surface area contributed by atoms with Crippen molar-refractivity contribution in [1.29, 1.82) is 0 Å². The third-order valence-electron chi connectivity index (χ3n) is 3.39. The van der Waals surface area contributed by atoms with Gasteiger partial charge in [0.25, 0.3) is 9.05 Å². The van der Waals surface area contributed by atoms with Crippen LogP contribution in [-0.4, -0.2) is 72.7 Å². The first-order valence-corrected chi connectivity index (χ1v) is 8.65. The fourth-order valence-electron chi connectivity index (χ4n) is 2.12. The van der Waals surface area contributed by atoms with E-state index in [9.17, 15) is 18.5 Å². The van der Waals surface area contributed by atoms with Crippen molar-refractivity contribution in [2.24, 2.45) is 0 Å². The Morgan fingerprint density at radius 2 is 1.95 bits per heavy atom. The summed E-state index contributed by atoms with van der Waals surface area (Å²) in [5.74, 6) is -0.733. The Morgan fingerprint density at radius 3 is 2.43 bits per heavy atom. The Kier molecular flexibility index (Phi) is 4.81. The highest BCUT2D eigenvalue weighted by atomic mass is 35.7. The van der Waals surface area contributed by atoms with E-state index >= 15 is 0 Å². The Morgan fingerprint density at radius 1 is 1.33 bits per heavy atom. The van der Waals surface area contributed by atoms with Crippen molar-refractivity contribution in [1.82, 2.24) is 19.6 Å². The summed E-state index contributed by atoms with van der Waals surface area (Å²) in [5, 5.41) is 14.5. The molecule has 1 fully saturated rings. The van der Waals surface area contributed by atoms with Gasteiger partial charge in [0.05, 0.1) is 17.8 Å². The lowest BCUT2D eigenvalue weighted by atomic mass is 10.3. The normalized spacial score (nSPS) is 18.0. The quantitative estimate of drug-likeness (QED) is 0.422. The number of hydrogen-bond acceptors (Lipinski definition) is 7. The zero-order valence-corrected chi connectivity index (χ0v) is 13.0. The largest absolute Gasteiger partial charge is 0.410 e. The van der Waals surface area contributed by atoms with E-state index in [1.54, 1.807) is 0 Å². The van der Waals surface area contributed by atoms with Gasteiger partial charge in [0, 0.05) is 43.4 Å². The smallest absolute Gasteiger partial charge is 0.358 e. The van der Waals surface area contributed by atoms with Crippen LogP contribution < -0.4 is 0 Å². The molecule has 0 N–H and O–H groups in total. The minimum absolute atomic E-state index is 0.372. The van der Waals surface area contributed by atoms with Crippen LogP contribution in [0.4, 0.5) is 5.82 Å². The van der Waals surface area contributed by atoms with Gasteiger partial charge in [-0.3, -0.25) is 4.90 Å². The number of piperazine rings is 1. The number of aromatic nitrogens is 2. The maximum atomic E-state index is 11.3. The van der Waals surface area contributed by atoms with Gasteiger partial charge in [0.2, 0.25) is 4.90 Å². The molecule has 11 heteroatoms. The molecule has 9 nitrogen and oxygen atoms in total. The summed E-state index contributed by atoms with van der Waals surface area (Å²) in [4.78, 5) is 13.8. The van der Waals surface area contributed by atoms with Gasteiger partial charge in [-0.2, -0.15) is 4.68 Å². The second-order valence-electron chi connectivity index (χ2n) is 4.92. The summed E-state index contributed by atoms with van der Waals surface area (Å²) in [6, 6.07) is 0. The molecular weight excluding hydrogens is 322 g/mol.